The van der Waals surface area contributed by atoms with Gasteiger partial charge >= 0.3 is 0 Å². The summed E-state index contributed by atoms with van der Waals surface area (Å²) in [6, 6.07) is 9.43. The van der Waals surface area contributed by atoms with Crippen molar-refractivity contribution in [3.05, 3.63) is 47.0 Å². The Labute approximate surface area is 187 Å². The average molecular weight is 450 g/mol. The van der Waals surface area contributed by atoms with E-state index in [1.54, 1.807) is 48.7 Å². The highest BCUT2D eigenvalue weighted by atomic mass is 35.5. The average Bonchev–Trinajstić information content (AvgIpc) is 3.11. The highest BCUT2D eigenvalue weighted by molar-refractivity contribution is 7.22. The first-order chi connectivity index (χ1) is 13.8. The van der Waals surface area contributed by atoms with Crippen molar-refractivity contribution in [1.82, 2.24) is 9.88 Å². The van der Waals surface area contributed by atoms with Gasteiger partial charge in [0.2, 0.25) is 0 Å². The van der Waals surface area contributed by atoms with Crippen molar-refractivity contribution in [1.29, 1.82) is 0 Å². The second-order valence-electron chi connectivity index (χ2n) is 7.26. The molecule has 3 aromatic rings. The van der Waals surface area contributed by atoms with Crippen LogP contribution in [0.1, 0.15) is 21.5 Å². The van der Waals surface area contributed by atoms with Gasteiger partial charge in [-0.3, -0.25) is 9.69 Å². The zero-order valence-electron chi connectivity index (χ0n) is 18.2. The van der Waals surface area contributed by atoms with Crippen LogP contribution in [0.2, 0.25) is 0 Å². The van der Waals surface area contributed by atoms with E-state index in [-0.39, 0.29) is 18.3 Å². The number of likely N-dealkylation sites (N-methyl/N-ethyl adjacent to an activating group) is 1. The number of halogens is 1. The molecule has 6 nitrogen and oxygen atoms in total. The molecule has 0 aliphatic rings. The molecule has 0 radical (unpaired) electrons. The summed E-state index contributed by atoms with van der Waals surface area (Å²) in [5.41, 5.74) is 3.80. The fourth-order valence-corrected chi connectivity index (χ4v) is 4.23. The second kappa shape index (κ2) is 10.1. The van der Waals surface area contributed by atoms with Gasteiger partial charge < -0.3 is 14.4 Å². The van der Waals surface area contributed by atoms with Gasteiger partial charge in [-0.25, -0.2) is 4.98 Å². The zero-order chi connectivity index (χ0) is 21.1. The minimum atomic E-state index is -0.110. The molecule has 3 rings (SSSR count). The van der Waals surface area contributed by atoms with Crippen LogP contribution in [0.5, 0.6) is 11.5 Å². The van der Waals surface area contributed by atoms with E-state index in [4.69, 9.17) is 14.5 Å². The van der Waals surface area contributed by atoms with Gasteiger partial charge in [-0.1, -0.05) is 17.4 Å². The largest absolute Gasteiger partial charge is 0.493 e. The Bertz CT molecular complexity index is 1040. The first-order valence-electron chi connectivity index (χ1n) is 9.40. The van der Waals surface area contributed by atoms with Gasteiger partial charge in [-0.05, 0) is 63.3 Å². The number of ether oxygens (including phenoxy) is 2. The Hall–Kier alpha value is -2.35. The molecular formula is C22H28ClN3O3S. The SMILES string of the molecule is COc1ccc(C(=O)N(CCN(C)C)c2nc3cc(C)cc(C)c3s2)cc1OC.Cl. The molecule has 1 amide bonds. The van der Waals surface area contributed by atoms with Crippen LogP contribution >= 0.6 is 23.7 Å². The molecule has 0 saturated heterocycles. The molecule has 0 bridgehead atoms. The fourth-order valence-electron chi connectivity index (χ4n) is 3.19. The molecule has 0 fully saturated rings. The molecule has 2 aromatic carbocycles. The first-order valence-corrected chi connectivity index (χ1v) is 10.2. The standard InChI is InChI=1S/C22H27N3O3S.ClH/c1-14-11-15(2)20-17(12-14)23-22(29-20)25(10-9-24(3)4)21(26)16-7-8-18(27-5)19(13-16)28-6;/h7-8,11-13H,9-10H2,1-6H3;1H. The zero-order valence-corrected chi connectivity index (χ0v) is 19.8. The number of thiazole rings is 1. The number of nitrogens with zero attached hydrogens (tertiary/aromatic N) is 3. The van der Waals surface area contributed by atoms with E-state index in [0.717, 1.165) is 22.3 Å². The van der Waals surface area contributed by atoms with Crippen LogP contribution in [-0.4, -0.2) is 57.2 Å². The minimum absolute atomic E-state index is 0. The Morgan fingerprint density at radius 2 is 1.73 bits per heavy atom. The number of benzene rings is 2. The van der Waals surface area contributed by atoms with Crippen molar-refractivity contribution in [3.8, 4) is 11.5 Å². The van der Waals surface area contributed by atoms with E-state index in [1.807, 2.05) is 14.1 Å². The number of carbonyl (C=O) groups excluding carboxylic acids is 1. The van der Waals surface area contributed by atoms with Gasteiger partial charge in [0.25, 0.3) is 5.91 Å². The van der Waals surface area contributed by atoms with Gasteiger partial charge in [0.05, 0.1) is 24.4 Å². The molecule has 0 aliphatic heterocycles. The van der Waals surface area contributed by atoms with Crippen LogP contribution in [0.4, 0.5) is 5.13 Å². The Kier molecular flexibility index (Phi) is 8.06. The predicted molar refractivity (Wildman–Crippen MR) is 126 cm³/mol. The molecule has 0 spiro atoms. The lowest BCUT2D eigenvalue weighted by Crippen LogP contribution is -2.36. The van der Waals surface area contributed by atoms with Crippen LogP contribution in [-0.2, 0) is 0 Å². The number of hydrogen-bond donors (Lipinski definition) is 0. The third kappa shape index (κ3) is 5.03. The molecule has 0 saturated carbocycles. The highest BCUT2D eigenvalue weighted by Crippen LogP contribution is 2.34. The summed E-state index contributed by atoms with van der Waals surface area (Å²) in [6.45, 7) is 5.41. The van der Waals surface area contributed by atoms with Crippen molar-refractivity contribution in [2.75, 3.05) is 46.3 Å². The molecule has 0 N–H and O–H groups in total. The van der Waals surface area contributed by atoms with Crippen LogP contribution < -0.4 is 14.4 Å². The predicted octanol–water partition coefficient (Wildman–Crippen LogP) is 4.56. The van der Waals surface area contributed by atoms with E-state index < -0.39 is 0 Å². The summed E-state index contributed by atoms with van der Waals surface area (Å²) in [5.74, 6) is 1.01. The summed E-state index contributed by atoms with van der Waals surface area (Å²) in [7, 11) is 7.12. The molecule has 0 aliphatic carbocycles. The third-order valence-corrected chi connectivity index (χ3v) is 5.92. The molecule has 0 unspecified atom stereocenters. The van der Waals surface area contributed by atoms with Crippen molar-refractivity contribution in [3.63, 3.8) is 0 Å². The van der Waals surface area contributed by atoms with Crippen LogP contribution in [0.3, 0.4) is 0 Å². The Morgan fingerprint density at radius 1 is 1.03 bits per heavy atom. The van der Waals surface area contributed by atoms with Crippen molar-refractivity contribution < 1.29 is 14.3 Å². The van der Waals surface area contributed by atoms with Gasteiger partial charge in [0.15, 0.2) is 16.6 Å². The Balaban J connectivity index is 0.00000320. The lowest BCUT2D eigenvalue weighted by atomic mass is 10.1. The lowest BCUT2D eigenvalue weighted by molar-refractivity contribution is 0.0985. The minimum Gasteiger partial charge on any atom is -0.493 e. The molecular weight excluding hydrogens is 422 g/mol. The maximum Gasteiger partial charge on any atom is 0.260 e. The van der Waals surface area contributed by atoms with E-state index >= 15 is 0 Å². The van der Waals surface area contributed by atoms with Crippen LogP contribution in [0, 0.1) is 13.8 Å². The van der Waals surface area contributed by atoms with Crippen molar-refractivity contribution in [2.24, 2.45) is 0 Å². The number of carbonyl (C=O) groups is 1. The molecule has 1 heterocycles. The van der Waals surface area contributed by atoms with E-state index in [2.05, 4.69) is 30.9 Å². The van der Waals surface area contributed by atoms with Crippen molar-refractivity contribution in [2.45, 2.75) is 13.8 Å². The van der Waals surface area contributed by atoms with Gasteiger partial charge in [-0.15, -0.1) is 12.4 Å². The van der Waals surface area contributed by atoms with Crippen molar-refractivity contribution >= 4 is 45.0 Å². The molecule has 8 heteroatoms. The summed E-state index contributed by atoms with van der Waals surface area (Å²) in [5, 5.41) is 0.704. The lowest BCUT2D eigenvalue weighted by Gasteiger charge is -2.22. The van der Waals surface area contributed by atoms with E-state index in [1.165, 1.54) is 5.56 Å². The van der Waals surface area contributed by atoms with Crippen LogP contribution in [0.15, 0.2) is 30.3 Å². The smallest absolute Gasteiger partial charge is 0.260 e. The maximum atomic E-state index is 13.4. The van der Waals surface area contributed by atoms with Gasteiger partial charge in [-0.2, -0.15) is 0 Å². The monoisotopic (exact) mass is 449 g/mol. The second-order valence-corrected chi connectivity index (χ2v) is 8.23. The highest BCUT2D eigenvalue weighted by Gasteiger charge is 2.23. The number of rotatable bonds is 7. The number of amides is 1. The molecule has 0 atom stereocenters. The summed E-state index contributed by atoms with van der Waals surface area (Å²) < 4.78 is 11.8. The number of hydrogen-bond acceptors (Lipinski definition) is 6. The normalized spacial score (nSPS) is 10.8. The number of fused-ring (bicyclic) bond motifs is 1. The summed E-state index contributed by atoms with van der Waals surface area (Å²) in [6.07, 6.45) is 0. The van der Waals surface area contributed by atoms with Gasteiger partial charge in [0, 0.05) is 18.7 Å². The maximum absolute atomic E-state index is 13.4. The van der Waals surface area contributed by atoms with E-state index in [9.17, 15) is 4.79 Å². The topological polar surface area (TPSA) is 54.9 Å². The number of methoxy groups -OCH3 is 2. The van der Waals surface area contributed by atoms with Crippen LogP contribution in [0.25, 0.3) is 10.2 Å². The number of anilines is 1. The number of aromatic nitrogens is 1. The summed E-state index contributed by atoms with van der Waals surface area (Å²) in [4.78, 5) is 22.0. The number of aryl methyl sites for hydroxylation is 2. The Morgan fingerprint density at radius 3 is 2.37 bits per heavy atom. The fraction of sp³-hybridized carbons (Fsp3) is 0.364. The molecule has 30 heavy (non-hydrogen) atoms. The first kappa shape index (κ1) is 23.9. The van der Waals surface area contributed by atoms with Gasteiger partial charge in [0.1, 0.15) is 0 Å². The third-order valence-electron chi connectivity index (χ3n) is 4.69. The molecule has 1 aromatic heterocycles. The molecule has 162 valence electrons. The van der Waals surface area contributed by atoms with E-state index in [0.29, 0.717) is 28.7 Å². The quantitative estimate of drug-likeness (QED) is 0.529. The summed E-state index contributed by atoms with van der Waals surface area (Å²) >= 11 is 1.55.